The topological polar surface area (TPSA) is 77.2 Å². The Balaban J connectivity index is 1.75. The lowest BCUT2D eigenvalue weighted by molar-refractivity contribution is -0.116. The van der Waals surface area contributed by atoms with Crippen LogP contribution in [0, 0.1) is 0 Å². The molecule has 0 aliphatic heterocycles. The van der Waals surface area contributed by atoms with Crippen molar-refractivity contribution in [2.75, 3.05) is 17.7 Å². The number of hydrogen-bond acceptors (Lipinski definition) is 4. The Labute approximate surface area is 111 Å². The van der Waals surface area contributed by atoms with Crippen LogP contribution in [0.1, 0.15) is 6.42 Å². The number of nitrogens with zero attached hydrogens (tertiary/aromatic N) is 1. The number of nitrogen functional groups attached to an aromatic ring is 1. The molecule has 1 aromatic heterocycles. The number of pyridine rings is 1. The molecule has 0 aliphatic rings. The van der Waals surface area contributed by atoms with E-state index in [0.717, 1.165) is 0 Å². The molecule has 0 radical (unpaired) electrons. The summed E-state index contributed by atoms with van der Waals surface area (Å²) in [5.74, 6) is 0.547. The first kappa shape index (κ1) is 12.9. The van der Waals surface area contributed by atoms with Gasteiger partial charge in [-0.15, -0.1) is 0 Å². The number of nitrogens with one attached hydrogen (secondary N) is 1. The van der Waals surface area contributed by atoms with E-state index in [9.17, 15) is 4.79 Å². The van der Waals surface area contributed by atoms with E-state index in [4.69, 9.17) is 10.5 Å². The smallest absolute Gasteiger partial charge is 0.227 e. The quantitative estimate of drug-likeness (QED) is 0.804. The van der Waals surface area contributed by atoms with E-state index >= 15 is 0 Å². The van der Waals surface area contributed by atoms with E-state index < -0.39 is 0 Å². The van der Waals surface area contributed by atoms with Crippen molar-refractivity contribution >= 4 is 17.3 Å². The molecule has 0 atom stereocenters. The number of ether oxygens (including phenoxy) is 1. The van der Waals surface area contributed by atoms with Crippen molar-refractivity contribution in [1.82, 2.24) is 4.98 Å². The molecule has 0 fully saturated rings. The van der Waals surface area contributed by atoms with Gasteiger partial charge in [0.25, 0.3) is 0 Å². The Kier molecular flexibility index (Phi) is 4.34. The highest BCUT2D eigenvalue weighted by atomic mass is 16.5. The largest absolute Gasteiger partial charge is 0.493 e. The molecular formula is C14H15N3O2. The first-order chi connectivity index (χ1) is 9.24. The SMILES string of the molecule is Nc1cccc(OCCC(=O)Nc2cccnc2)c1. The molecule has 5 heteroatoms. The number of nitrogens with two attached hydrogens (primary N) is 1. The number of carbonyl (C=O) groups excluding carboxylic acids is 1. The first-order valence-corrected chi connectivity index (χ1v) is 5.92. The average molecular weight is 257 g/mol. The van der Waals surface area contributed by atoms with Crippen LogP contribution in [0.5, 0.6) is 5.75 Å². The van der Waals surface area contributed by atoms with Crippen LogP contribution in [0.2, 0.25) is 0 Å². The van der Waals surface area contributed by atoms with Crippen LogP contribution in [0.3, 0.4) is 0 Å². The molecule has 0 aliphatic carbocycles. The van der Waals surface area contributed by atoms with E-state index in [1.54, 1.807) is 48.8 Å². The Morgan fingerprint density at radius 2 is 2.21 bits per heavy atom. The predicted octanol–water partition coefficient (Wildman–Crippen LogP) is 2.07. The maximum absolute atomic E-state index is 11.6. The minimum Gasteiger partial charge on any atom is -0.493 e. The van der Waals surface area contributed by atoms with Gasteiger partial charge in [0, 0.05) is 18.0 Å². The standard InChI is InChI=1S/C14H15N3O2/c15-11-3-1-5-13(9-11)19-8-6-14(18)17-12-4-2-7-16-10-12/h1-5,7,9-10H,6,8,15H2,(H,17,18). The molecule has 0 unspecified atom stereocenters. The van der Waals surface area contributed by atoms with Gasteiger partial charge < -0.3 is 15.8 Å². The molecule has 0 saturated heterocycles. The van der Waals surface area contributed by atoms with Gasteiger partial charge in [-0.2, -0.15) is 0 Å². The molecule has 0 saturated carbocycles. The van der Waals surface area contributed by atoms with Crippen molar-refractivity contribution in [3.05, 3.63) is 48.8 Å². The second-order valence-corrected chi connectivity index (χ2v) is 3.96. The molecule has 1 aromatic carbocycles. The first-order valence-electron chi connectivity index (χ1n) is 5.92. The molecule has 0 bridgehead atoms. The van der Waals surface area contributed by atoms with Crippen LogP contribution in [0.15, 0.2) is 48.8 Å². The van der Waals surface area contributed by atoms with Crippen molar-refractivity contribution in [1.29, 1.82) is 0 Å². The summed E-state index contributed by atoms with van der Waals surface area (Å²) in [7, 11) is 0. The number of aromatic nitrogens is 1. The maximum Gasteiger partial charge on any atom is 0.227 e. The Hall–Kier alpha value is -2.56. The molecule has 1 heterocycles. The fourth-order valence-corrected chi connectivity index (χ4v) is 1.53. The lowest BCUT2D eigenvalue weighted by Crippen LogP contribution is -2.15. The Morgan fingerprint density at radius 3 is 2.95 bits per heavy atom. The number of benzene rings is 1. The van der Waals surface area contributed by atoms with Gasteiger partial charge in [-0.05, 0) is 24.3 Å². The van der Waals surface area contributed by atoms with Crippen molar-refractivity contribution in [2.24, 2.45) is 0 Å². The number of hydrogen-bond donors (Lipinski definition) is 2. The van der Waals surface area contributed by atoms with Gasteiger partial charge in [-0.25, -0.2) is 0 Å². The molecular weight excluding hydrogens is 242 g/mol. The zero-order chi connectivity index (χ0) is 13.5. The predicted molar refractivity (Wildman–Crippen MR) is 73.8 cm³/mol. The van der Waals surface area contributed by atoms with E-state index in [1.807, 2.05) is 0 Å². The molecule has 98 valence electrons. The summed E-state index contributed by atoms with van der Waals surface area (Å²) in [6, 6.07) is 10.7. The molecule has 19 heavy (non-hydrogen) atoms. The molecule has 1 amide bonds. The normalized spacial score (nSPS) is 9.89. The average Bonchev–Trinajstić information content (AvgIpc) is 2.40. The van der Waals surface area contributed by atoms with Gasteiger partial charge in [-0.1, -0.05) is 6.07 Å². The summed E-state index contributed by atoms with van der Waals surface area (Å²) >= 11 is 0. The van der Waals surface area contributed by atoms with Gasteiger partial charge >= 0.3 is 0 Å². The van der Waals surface area contributed by atoms with Gasteiger partial charge in [0.1, 0.15) is 5.75 Å². The van der Waals surface area contributed by atoms with Gasteiger partial charge in [0.15, 0.2) is 0 Å². The molecule has 2 rings (SSSR count). The highest BCUT2D eigenvalue weighted by Crippen LogP contribution is 2.14. The van der Waals surface area contributed by atoms with Crippen LogP contribution < -0.4 is 15.8 Å². The molecule has 3 N–H and O–H groups in total. The van der Waals surface area contributed by atoms with Gasteiger partial charge in [0.2, 0.25) is 5.91 Å². The van der Waals surface area contributed by atoms with Crippen LogP contribution in [0.25, 0.3) is 0 Å². The van der Waals surface area contributed by atoms with Gasteiger partial charge in [-0.3, -0.25) is 9.78 Å². The second kappa shape index (κ2) is 6.39. The fraction of sp³-hybridized carbons (Fsp3) is 0.143. The van der Waals surface area contributed by atoms with E-state index in [1.165, 1.54) is 0 Å². The number of amides is 1. The lowest BCUT2D eigenvalue weighted by Gasteiger charge is -2.07. The summed E-state index contributed by atoms with van der Waals surface area (Å²) in [6.45, 7) is 0.301. The number of carbonyl (C=O) groups is 1. The summed E-state index contributed by atoms with van der Waals surface area (Å²) in [5.41, 5.74) is 6.94. The monoisotopic (exact) mass is 257 g/mol. The van der Waals surface area contributed by atoms with Crippen LogP contribution >= 0.6 is 0 Å². The Bertz CT molecular complexity index is 543. The van der Waals surface area contributed by atoms with Crippen LogP contribution in [-0.4, -0.2) is 17.5 Å². The molecule has 0 spiro atoms. The van der Waals surface area contributed by atoms with Crippen LogP contribution in [0.4, 0.5) is 11.4 Å². The molecule has 2 aromatic rings. The van der Waals surface area contributed by atoms with E-state index in [0.29, 0.717) is 23.7 Å². The number of anilines is 2. The number of rotatable bonds is 5. The van der Waals surface area contributed by atoms with Crippen LogP contribution in [-0.2, 0) is 4.79 Å². The fourth-order valence-electron chi connectivity index (χ4n) is 1.53. The van der Waals surface area contributed by atoms with Crippen molar-refractivity contribution in [2.45, 2.75) is 6.42 Å². The molecule has 5 nitrogen and oxygen atoms in total. The Morgan fingerprint density at radius 1 is 1.32 bits per heavy atom. The highest BCUT2D eigenvalue weighted by molar-refractivity contribution is 5.90. The van der Waals surface area contributed by atoms with E-state index in [-0.39, 0.29) is 12.3 Å². The summed E-state index contributed by atoms with van der Waals surface area (Å²) in [6.07, 6.45) is 3.51. The summed E-state index contributed by atoms with van der Waals surface area (Å²) in [4.78, 5) is 15.5. The van der Waals surface area contributed by atoms with Gasteiger partial charge in [0.05, 0.1) is 24.9 Å². The maximum atomic E-state index is 11.6. The summed E-state index contributed by atoms with van der Waals surface area (Å²) in [5, 5.41) is 2.73. The summed E-state index contributed by atoms with van der Waals surface area (Å²) < 4.78 is 5.44. The third-order valence-corrected chi connectivity index (χ3v) is 2.40. The van der Waals surface area contributed by atoms with Crippen molar-refractivity contribution in [3.8, 4) is 5.75 Å². The lowest BCUT2D eigenvalue weighted by atomic mass is 10.3. The van der Waals surface area contributed by atoms with E-state index in [2.05, 4.69) is 10.3 Å². The minimum absolute atomic E-state index is 0.114. The second-order valence-electron chi connectivity index (χ2n) is 3.96. The third kappa shape index (κ3) is 4.31. The van der Waals surface area contributed by atoms with Crippen molar-refractivity contribution in [3.63, 3.8) is 0 Å². The minimum atomic E-state index is -0.114. The zero-order valence-corrected chi connectivity index (χ0v) is 10.4. The van der Waals surface area contributed by atoms with Crippen molar-refractivity contribution < 1.29 is 9.53 Å². The zero-order valence-electron chi connectivity index (χ0n) is 10.4. The highest BCUT2D eigenvalue weighted by Gasteiger charge is 2.03. The third-order valence-electron chi connectivity index (χ3n) is 2.40.